The van der Waals surface area contributed by atoms with Crippen molar-refractivity contribution >= 4 is 11.6 Å². The lowest BCUT2D eigenvalue weighted by molar-refractivity contribution is -0.131. The quantitative estimate of drug-likeness (QED) is 0.619. The lowest BCUT2D eigenvalue weighted by Crippen LogP contribution is -2.37. The highest BCUT2D eigenvalue weighted by Gasteiger charge is 2.27. The summed E-state index contributed by atoms with van der Waals surface area (Å²) in [5, 5.41) is 10.4. The van der Waals surface area contributed by atoms with Gasteiger partial charge in [-0.1, -0.05) is 20.8 Å². The summed E-state index contributed by atoms with van der Waals surface area (Å²) in [6.45, 7) is 5.26. The molecule has 0 saturated heterocycles. The molecule has 16 heavy (non-hydrogen) atoms. The molecule has 4 nitrogen and oxygen atoms in total. The summed E-state index contributed by atoms with van der Waals surface area (Å²) < 4.78 is 4.99. The van der Waals surface area contributed by atoms with E-state index in [4.69, 9.17) is 4.74 Å². The van der Waals surface area contributed by atoms with E-state index in [0.29, 0.717) is 16.5 Å². The number of ether oxygens (including phenoxy) is 1. The Labute approximate surface area is 95.4 Å². The summed E-state index contributed by atoms with van der Waals surface area (Å²) in [7, 11) is 1.56. The fourth-order valence-corrected chi connectivity index (χ4v) is 1.16. The average molecular weight is 223 g/mol. The first-order valence-electron chi connectivity index (χ1n) is 5.04. The Kier molecular flexibility index (Phi) is 3.55. The van der Waals surface area contributed by atoms with Crippen LogP contribution in [0.25, 0.3) is 0 Å². The van der Waals surface area contributed by atoms with Crippen LogP contribution in [-0.4, -0.2) is 18.2 Å². The second-order valence-corrected chi connectivity index (χ2v) is 4.56. The topological polar surface area (TPSA) is 49.8 Å². The van der Waals surface area contributed by atoms with Crippen LogP contribution in [-0.2, 0) is 4.79 Å². The molecule has 1 amide bonds. The number of hydrogen-bond acceptors (Lipinski definition) is 3. The molecule has 88 valence electrons. The number of hydrogen-bond donors (Lipinski definition) is 1. The summed E-state index contributed by atoms with van der Waals surface area (Å²) in [5.74, 6) is 0.332. The fourth-order valence-electron chi connectivity index (χ4n) is 1.16. The summed E-state index contributed by atoms with van der Waals surface area (Å²) >= 11 is 0. The van der Waals surface area contributed by atoms with E-state index in [-0.39, 0.29) is 5.91 Å². The molecule has 4 heteroatoms. The molecule has 1 N–H and O–H groups in total. The highest BCUT2D eigenvalue weighted by atomic mass is 16.5. The first-order valence-corrected chi connectivity index (χ1v) is 5.04. The van der Waals surface area contributed by atoms with E-state index in [1.54, 1.807) is 52.1 Å². The van der Waals surface area contributed by atoms with Crippen molar-refractivity contribution in [1.29, 1.82) is 0 Å². The fraction of sp³-hybridized carbons (Fsp3) is 0.417. The van der Waals surface area contributed by atoms with Gasteiger partial charge in [0.15, 0.2) is 0 Å². The minimum Gasteiger partial charge on any atom is -0.497 e. The van der Waals surface area contributed by atoms with E-state index in [2.05, 4.69) is 0 Å². The predicted molar refractivity (Wildman–Crippen MR) is 61.7 cm³/mol. The zero-order chi connectivity index (χ0) is 12.3. The first-order chi connectivity index (χ1) is 7.36. The predicted octanol–water partition coefficient (Wildman–Crippen LogP) is 2.46. The molecule has 1 aromatic rings. The maximum absolute atomic E-state index is 11.8. The average Bonchev–Trinajstić information content (AvgIpc) is 2.26. The molecule has 0 heterocycles. The number of anilines is 1. The van der Waals surface area contributed by atoms with Crippen molar-refractivity contribution in [2.75, 3.05) is 12.2 Å². The van der Waals surface area contributed by atoms with E-state index in [0.717, 1.165) is 0 Å². The van der Waals surface area contributed by atoms with Crippen LogP contribution in [0.5, 0.6) is 5.75 Å². The molecule has 0 fully saturated rings. The van der Waals surface area contributed by atoms with Crippen molar-refractivity contribution in [3.05, 3.63) is 24.3 Å². The largest absolute Gasteiger partial charge is 0.497 e. The molecular formula is C12H17NO3. The zero-order valence-corrected chi connectivity index (χ0v) is 10.0. The third kappa shape index (κ3) is 2.73. The van der Waals surface area contributed by atoms with Gasteiger partial charge in [-0.3, -0.25) is 10.0 Å². The third-order valence-corrected chi connectivity index (χ3v) is 2.15. The summed E-state index contributed by atoms with van der Waals surface area (Å²) in [6, 6.07) is 6.63. The molecule has 0 radical (unpaired) electrons. The maximum Gasteiger partial charge on any atom is 0.256 e. The van der Waals surface area contributed by atoms with Crippen molar-refractivity contribution in [3.63, 3.8) is 0 Å². The summed E-state index contributed by atoms with van der Waals surface area (Å²) in [4.78, 5) is 11.8. The second-order valence-electron chi connectivity index (χ2n) is 4.56. The Bertz CT molecular complexity index is 365. The van der Waals surface area contributed by atoms with Crippen LogP contribution in [0.3, 0.4) is 0 Å². The molecule has 0 spiro atoms. The minimum atomic E-state index is -0.616. The van der Waals surface area contributed by atoms with Crippen molar-refractivity contribution in [2.45, 2.75) is 20.8 Å². The van der Waals surface area contributed by atoms with Crippen LogP contribution in [0.4, 0.5) is 5.69 Å². The van der Waals surface area contributed by atoms with E-state index >= 15 is 0 Å². The molecule has 1 aromatic carbocycles. The van der Waals surface area contributed by atoms with Crippen molar-refractivity contribution in [2.24, 2.45) is 5.41 Å². The van der Waals surface area contributed by atoms with Crippen LogP contribution in [0.15, 0.2) is 24.3 Å². The first kappa shape index (κ1) is 12.5. The van der Waals surface area contributed by atoms with Crippen LogP contribution >= 0.6 is 0 Å². The number of carbonyl (C=O) groups is 1. The van der Waals surface area contributed by atoms with E-state index < -0.39 is 5.41 Å². The standard InChI is InChI=1S/C12H17NO3/c1-12(2,3)11(14)13(15)9-5-7-10(16-4)8-6-9/h5-8,15H,1-4H3. The van der Waals surface area contributed by atoms with Crippen LogP contribution in [0.2, 0.25) is 0 Å². The molecule has 1 rings (SSSR count). The second kappa shape index (κ2) is 4.53. The smallest absolute Gasteiger partial charge is 0.256 e. The normalized spacial score (nSPS) is 11.1. The van der Waals surface area contributed by atoms with Gasteiger partial charge in [-0.2, -0.15) is 5.06 Å². The number of amides is 1. The van der Waals surface area contributed by atoms with Crippen molar-refractivity contribution in [3.8, 4) is 5.75 Å². The van der Waals surface area contributed by atoms with E-state index in [9.17, 15) is 10.0 Å². The molecule has 0 aliphatic heterocycles. The monoisotopic (exact) mass is 223 g/mol. The van der Waals surface area contributed by atoms with Gasteiger partial charge < -0.3 is 4.74 Å². The lowest BCUT2D eigenvalue weighted by Gasteiger charge is -2.23. The van der Waals surface area contributed by atoms with Gasteiger partial charge in [0, 0.05) is 5.41 Å². The zero-order valence-electron chi connectivity index (χ0n) is 10.0. The molecule has 0 unspecified atom stereocenters. The van der Waals surface area contributed by atoms with E-state index in [1.165, 1.54) is 0 Å². The molecule has 0 aromatic heterocycles. The molecule has 0 aliphatic carbocycles. The lowest BCUT2D eigenvalue weighted by atomic mass is 9.95. The van der Waals surface area contributed by atoms with Gasteiger partial charge in [0.2, 0.25) is 0 Å². The van der Waals surface area contributed by atoms with E-state index in [1.807, 2.05) is 0 Å². The Morgan fingerprint density at radius 1 is 1.25 bits per heavy atom. The van der Waals surface area contributed by atoms with Crippen molar-refractivity contribution in [1.82, 2.24) is 0 Å². The number of carbonyl (C=O) groups excluding carboxylic acids is 1. The highest BCUT2D eigenvalue weighted by Crippen LogP contribution is 2.23. The van der Waals surface area contributed by atoms with Crippen LogP contribution in [0, 0.1) is 5.41 Å². The van der Waals surface area contributed by atoms with Gasteiger partial charge in [0.1, 0.15) is 5.75 Å². The number of methoxy groups -OCH3 is 1. The SMILES string of the molecule is COc1ccc(N(O)C(=O)C(C)(C)C)cc1. The van der Waals surface area contributed by atoms with Gasteiger partial charge in [0.05, 0.1) is 12.8 Å². The highest BCUT2D eigenvalue weighted by molar-refractivity contribution is 5.94. The Balaban J connectivity index is 2.88. The molecule has 0 aliphatic rings. The Morgan fingerprint density at radius 3 is 2.12 bits per heavy atom. The molecule has 0 saturated carbocycles. The van der Waals surface area contributed by atoms with Crippen LogP contribution < -0.4 is 9.80 Å². The third-order valence-electron chi connectivity index (χ3n) is 2.15. The van der Waals surface area contributed by atoms with Gasteiger partial charge in [-0.25, -0.2) is 0 Å². The number of rotatable bonds is 2. The minimum absolute atomic E-state index is 0.349. The number of hydroxylamine groups is 1. The Morgan fingerprint density at radius 2 is 1.75 bits per heavy atom. The van der Waals surface area contributed by atoms with Gasteiger partial charge >= 0.3 is 0 Å². The molecule has 0 atom stereocenters. The number of nitrogens with zero attached hydrogens (tertiary/aromatic N) is 1. The summed E-state index contributed by atoms with van der Waals surface area (Å²) in [6.07, 6.45) is 0. The van der Waals surface area contributed by atoms with Crippen molar-refractivity contribution < 1.29 is 14.7 Å². The summed E-state index contributed by atoms with van der Waals surface area (Å²) in [5.41, 5.74) is -0.185. The Hall–Kier alpha value is -1.55. The molecular weight excluding hydrogens is 206 g/mol. The van der Waals surface area contributed by atoms with Gasteiger partial charge in [-0.15, -0.1) is 0 Å². The maximum atomic E-state index is 11.8. The number of benzene rings is 1. The van der Waals surface area contributed by atoms with Gasteiger partial charge in [0.25, 0.3) is 5.91 Å². The van der Waals surface area contributed by atoms with Crippen LogP contribution in [0.1, 0.15) is 20.8 Å². The van der Waals surface area contributed by atoms with Gasteiger partial charge in [-0.05, 0) is 24.3 Å². The molecule has 0 bridgehead atoms.